The molecule has 0 radical (unpaired) electrons. The minimum absolute atomic E-state index is 0.113. The van der Waals surface area contributed by atoms with Crippen LogP contribution in [0.3, 0.4) is 0 Å². The molecule has 0 aliphatic carbocycles. The van der Waals surface area contributed by atoms with Crippen molar-refractivity contribution >= 4 is 22.2 Å². The zero-order chi connectivity index (χ0) is 21.0. The lowest BCUT2D eigenvalue weighted by atomic mass is 10.1. The van der Waals surface area contributed by atoms with Gasteiger partial charge in [0.1, 0.15) is 8.07 Å². The normalized spacial score (nSPS) is 14.4. The van der Waals surface area contributed by atoms with E-state index in [1.807, 2.05) is 32.6 Å². The van der Waals surface area contributed by atoms with Crippen LogP contribution in [0, 0.1) is 0 Å². The van der Waals surface area contributed by atoms with Crippen LogP contribution < -0.4 is 0 Å². The van der Waals surface area contributed by atoms with Crippen molar-refractivity contribution in [2.45, 2.75) is 84.6 Å². The summed E-state index contributed by atoms with van der Waals surface area (Å²) in [4.78, 5) is 14.8. The quantitative estimate of drug-likeness (QED) is 0.375. The number of allylic oxidation sites excluding steroid dienone is 1. The molecule has 152 valence electrons. The second-order valence-corrected chi connectivity index (χ2v) is 20.3. The smallest absolute Gasteiger partial charge is 0.414 e. The summed E-state index contributed by atoms with van der Waals surface area (Å²) in [6.07, 6.45) is 2.04. The molecule has 0 spiro atoms. The standard InChI is InChI=1S/C22H39NO2Si2/c1-17(2)23(18(3)4)22(24)25-21(27(8,9)10)16-20(26(5,6)7)19-14-12-11-13-15-19/h11-18,20H,1-10H3/b21-16+/t20-/m1/s1. The van der Waals surface area contributed by atoms with E-state index in [-0.39, 0.29) is 18.2 Å². The number of benzene rings is 1. The molecule has 0 aliphatic rings. The van der Waals surface area contributed by atoms with Crippen molar-refractivity contribution in [1.82, 2.24) is 4.90 Å². The first-order chi connectivity index (χ1) is 12.2. The molecular weight excluding hydrogens is 366 g/mol. The molecule has 0 aromatic heterocycles. The van der Waals surface area contributed by atoms with Crippen molar-refractivity contribution in [2.75, 3.05) is 0 Å². The molecule has 1 aromatic carbocycles. The van der Waals surface area contributed by atoms with Gasteiger partial charge in [0.25, 0.3) is 0 Å². The van der Waals surface area contributed by atoms with Gasteiger partial charge in [-0.1, -0.05) is 69.6 Å². The highest BCUT2D eigenvalue weighted by molar-refractivity contribution is 6.83. The Labute approximate surface area is 168 Å². The number of carbonyl (C=O) groups excluding carboxylic acids is 1. The number of nitrogens with zero attached hydrogens (tertiary/aromatic N) is 1. The third kappa shape index (κ3) is 6.96. The predicted molar refractivity (Wildman–Crippen MR) is 123 cm³/mol. The number of rotatable bonds is 7. The Morgan fingerprint density at radius 2 is 1.41 bits per heavy atom. The van der Waals surface area contributed by atoms with Crippen molar-refractivity contribution in [2.24, 2.45) is 0 Å². The van der Waals surface area contributed by atoms with Gasteiger partial charge in [-0.25, -0.2) is 4.79 Å². The minimum atomic E-state index is -1.83. The molecule has 0 saturated heterocycles. The summed E-state index contributed by atoms with van der Waals surface area (Å²) >= 11 is 0. The molecule has 3 nitrogen and oxygen atoms in total. The van der Waals surface area contributed by atoms with E-state index in [1.165, 1.54) is 5.56 Å². The van der Waals surface area contributed by atoms with Gasteiger partial charge in [-0.3, -0.25) is 0 Å². The average molecular weight is 406 g/mol. The van der Waals surface area contributed by atoms with Gasteiger partial charge in [-0.2, -0.15) is 0 Å². The number of carbonyl (C=O) groups is 1. The number of hydrogen-bond acceptors (Lipinski definition) is 2. The lowest BCUT2D eigenvalue weighted by Crippen LogP contribution is -2.44. The highest BCUT2D eigenvalue weighted by Gasteiger charge is 2.33. The predicted octanol–water partition coefficient (Wildman–Crippen LogP) is 6.66. The van der Waals surface area contributed by atoms with Crippen LogP contribution in [0.15, 0.2) is 41.8 Å². The molecule has 1 atom stereocenters. The Hall–Kier alpha value is -1.34. The van der Waals surface area contributed by atoms with Gasteiger partial charge < -0.3 is 9.64 Å². The van der Waals surface area contributed by atoms with E-state index in [9.17, 15) is 4.79 Å². The van der Waals surface area contributed by atoms with Crippen LogP contribution >= 0.6 is 0 Å². The Bertz CT molecular complexity index is 633. The van der Waals surface area contributed by atoms with Crippen molar-refractivity contribution in [3.05, 3.63) is 47.4 Å². The second-order valence-electron chi connectivity index (χ2n) is 10.00. The van der Waals surface area contributed by atoms with E-state index in [0.29, 0.717) is 5.54 Å². The van der Waals surface area contributed by atoms with Gasteiger partial charge in [0, 0.05) is 12.1 Å². The lowest BCUT2D eigenvalue weighted by molar-refractivity contribution is 0.105. The van der Waals surface area contributed by atoms with Gasteiger partial charge in [-0.15, -0.1) is 0 Å². The van der Waals surface area contributed by atoms with Crippen LogP contribution in [0.1, 0.15) is 38.8 Å². The average Bonchev–Trinajstić information content (AvgIpc) is 2.49. The first-order valence-electron chi connectivity index (χ1n) is 10.0. The van der Waals surface area contributed by atoms with E-state index in [0.717, 1.165) is 5.38 Å². The summed E-state index contributed by atoms with van der Waals surface area (Å²) < 4.78 is 6.08. The summed E-state index contributed by atoms with van der Waals surface area (Å²) in [5, 5.41) is 0.898. The van der Waals surface area contributed by atoms with Crippen LogP contribution in [0.5, 0.6) is 0 Å². The third-order valence-electron chi connectivity index (χ3n) is 4.67. The molecule has 0 N–H and O–H groups in total. The number of amides is 1. The minimum Gasteiger partial charge on any atom is -0.420 e. The monoisotopic (exact) mass is 405 g/mol. The van der Waals surface area contributed by atoms with Crippen molar-refractivity contribution in [1.29, 1.82) is 0 Å². The molecule has 1 rings (SSSR count). The molecule has 0 aliphatic heterocycles. The molecular formula is C22H39NO2Si2. The Morgan fingerprint density at radius 3 is 1.78 bits per heavy atom. The maximum absolute atomic E-state index is 12.9. The van der Waals surface area contributed by atoms with Gasteiger partial charge in [0.05, 0.1) is 13.5 Å². The molecule has 0 fully saturated rings. The first kappa shape index (κ1) is 23.7. The lowest BCUT2D eigenvalue weighted by Gasteiger charge is -2.33. The van der Waals surface area contributed by atoms with E-state index in [1.54, 1.807) is 0 Å². The zero-order valence-corrected chi connectivity index (χ0v) is 21.0. The Kier molecular flexibility index (Phi) is 8.11. The van der Waals surface area contributed by atoms with Crippen LogP contribution in [0.2, 0.25) is 39.3 Å². The maximum Gasteiger partial charge on any atom is 0.414 e. The maximum atomic E-state index is 12.9. The molecule has 0 bridgehead atoms. The molecule has 0 heterocycles. The van der Waals surface area contributed by atoms with Crippen molar-refractivity contribution in [3.63, 3.8) is 0 Å². The topological polar surface area (TPSA) is 29.5 Å². The fourth-order valence-electron chi connectivity index (χ4n) is 3.26. The number of ether oxygens (including phenoxy) is 1. The van der Waals surface area contributed by atoms with Crippen molar-refractivity contribution in [3.8, 4) is 0 Å². The van der Waals surface area contributed by atoms with E-state index in [2.05, 4.69) is 75.7 Å². The molecule has 1 amide bonds. The second kappa shape index (κ2) is 9.24. The van der Waals surface area contributed by atoms with Crippen LogP contribution in [0.4, 0.5) is 4.79 Å². The Morgan fingerprint density at radius 1 is 0.926 bits per heavy atom. The van der Waals surface area contributed by atoms with Gasteiger partial charge in [0.2, 0.25) is 0 Å². The van der Waals surface area contributed by atoms with Gasteiger partial charge >= 0.3 is 6.09 Å². The highest BCUT2D eigenvalue weighted by atomic mass is 28.3. The zero-order valence-electron chi connectivity index (χ0n) is 19.0. The fraction of sp³-hybridized carbons (Fsp3) is 0.591. The summed E-state index contributed by atoms with van der Waals surface area (Å²) in [5.74, 6) is 0. The van der Waals surface area contributed by atoms with Crippen LogP contribution in [-0.2, 0) is 4.74 Å². The summed E-state index contributed by atoms with van der Waals surface area (Å²) in [5.41, 5.74) is 1.63. The Balaban J connectivity index is 3.34. The highest BCUT2D eigenvalue weighted by Crippen LogP contribution is 2.32. The van der Waals surface area contributed by atoms with Crippen LogP contribution in [-0.4, -0.2) is 39.2 Å². The summed E-state index contributed by atoms with van der Waals surface area (Å²) in [7, 11) is -3.38. The third-order valence-corrected chi connectivity index (χ3v) is 8.78. The summed E-state index contributed by atoms with van der Waals surface area (Å²) in [6.45, 7) is 22.0. The van der Waals surface area contributed by atoms with E-state index < -0.39 is 16.1 Å². The molecule has 0 saturated carbocycles. The van der Waals surface area contributed by atoms with E-state index in [4.69, 9.17) is 4.74 Å². The summed E-state index contributed by atoms with van der Waals surface area (Å²) in [6, 6.07) is 10.8. The fourth-order valence-corrected chi connectivity index (χ4v) is 6.33. The number of hydrogen-bond donors (Lipinski definition) is 0. The molecule has 27 heavy (non-hydrogen) atoms. The molecule has 1 aromatic rings. The molecule has 0 unspecified atom stereocenters. The SMILES string of the molecule is CC(C)N(C(=O)O/C(=C\[C@H](c1ccccc1)[Si](C)(C)C)[Si](C)(C)C)C(C)C. The van der Waals surface area contributed by atoms with Crippen LogP contribution in [0.25, 0.3) is 0 Å². The van der Waals surface area contributed by atoms with Gasteiger partial charge in [0.15, 0.2) is 0 Å². The molecule has 5 heteroatoms. The largest absolute Gasteiger partial charge is 0.420 e. The van der Waals surface area contributed by atoms with Gasteiger partial charge in [-0.05, 0) is 44.9 Å². The first-order valence-corrected chi connectivity index (χ1v) is 17.1. The van der Waals surface area contributed by atoms with E-state index >= 15 is 0 Å². The van der Waals surface area contributed by atoms with Crippen molar-refractivity contribution < 1.29 is 9.53 Å².